The van der Waals surface area contributed by atoms with Crippen molar-refractivity contribution < 1.29 is 13.2 Å². The summed E-state index contributed by atoms with van der Waals surface area (Å²) in [5, 5.41) is 8.94. The first-order chi connectivity index (χ1) is 16.4. The van der Waals surface area contributed by atoms with Crippen molar-refractivity contribution in [3.63, 3.8) is 0 Å². The molecule has 0 saturated carbocycles. The first kappa shape index (κ1) is 22.1. The smallest absolute Gasteiger partial charge is 0.218 e. The molecule has 0 atom stereocenters. The number of fused-ring (bicyclic) bond motifs is 1. The second kappa shape index (κ2) is 8.91. The van der Waals surface area contributed by atoms with E-state index in [0.29, 0.717) is 16.3 Å². The van der Waals surface area contributed by atoms with Crippen LogP contribution in [-0.2, 0) is 16.3 Å². The van der Waals surface area contributed by atoms with E-state index in [9.17, 15) is 8.42 Å². The van der Waals surface area contributed by atoms with Gasteiger partial charge in [-0.2, -0.15) is 5.26 Å². The van der Waals surface area contributed by atoms with Crippen LogP contribution in [0, 0.1) is 11.3 Å². The molecule has 0 N–H and O–H groups in total. The van der Waals surface area contributed by atoms with Gasteiger partial charge in [-0.1, -0.05) is 0 Å². The van der Waals surface area contributed by atoms with Gasteiger partial charge in [-0.15, -0.1) is 0 Å². The molecule has 2 aliphatic rings. The van der Waals surface area contributed by atoms with Crippen molar-refractivity contribution in [3.8, 4) is 11.9 Å². The molecule has 0 radical (unpaired) electrons. The molecule has 1 saturated heterocycles. The Bertz CT molecular complexity index is 1350. The van der Waals surface area contributed by atoms with Crippen LogP contribution in [0.5, 0.6) is 5.88 Å². The molecular formula is C24H24N6O3S. The molecule has 4 heterocycles. The Balaban J connectivity index is 1.24. The highest BCUT2D eigenvalue weighted by Gasteiger charge is 2.25. The monoisotopic (exact) mass is 476 g/mol. The van der Waals surface area contributed by atoms with Gasteiger partial charge in [-0.3, -0.25) is 0 Å². The summed E-state index contributed by atoms with van der Waals surface area (Å²) in [5.41, 5.74) is 2.51. The molecular weight excluding hydrogens is 452 g/mol. The normalized spacial score (nSPS) is 16.2. The molecule has 34 heavy (non-hydrogen) atoms. The molecule has 2 aromatic heterocycles. The molecule has 2 aliphatic heterocycles. The van der Waals surface area contributed by atoms with Crippen molar-refractivity contribution >= 4 is 27.2 Å². The van der Waals surface area contributed by atoms with E-state index in [0.717, 1.165) is 61.8 Å². The van der Waals surface area contributed by atoms with E-state index in [2.05, 4.69) is 30.8 Å². The zero-order valence-electron chi connectivity index (χ0n) is 18.8. The zero-order chi connectivity index (χ0) is 23.7. The predicted octanol–water partition coefficient (Wildman–Crippen LogP) is 2.89. The van der Waals surface area contributed by atoms with Gasteiger partial charge in [0.25, 0.3) is 0 Å². The van der Waals surface area contributed by atoms with E-state index in [1.165, 1.54) is 12.6 Å². The Morgan fingerprint density at radius 2 is 1.85 bits per heavy atom. The molecule has 1 fully saturated rings. The van der Waals surface area contributed by atoms with Gasteiger partial charge in [0.1, 0.15) is 30.1 Å². The van der Waals surface area contributed by atoms with Crippen molar-refractivity contribution in [2.24, 2.45) is 0 Å². The Morgan fingerprint density at radius 1 is 1.03 bits per heavy atom. The molecule has 9 nitrogen and oxygen atoms in total. The highest BCUT2D eigenvalue weighted by atomic mass is 32.2. The van der Waals surface area contributed by atoms with Gasteiger partial charge in [0.15, 0.2) is 9.84 Å². The highest BCUT2D eigenvalue weighted by Crippen LogP contribution is 2.35. The van der Waals surface area contributed by atoms with Crippen LogP contribution < -0.4 is 14.5 Å². The molecule has 0 amide bonds. The first-order valence-electron chi connectivity index (χ1n) is 11.1. The van der Waals surface area contributed by atoms with Gasteiger partial charge < -0.3 is 14.5 Å². The van der Waals surface area contributed by atoms with Crippen LogP contribution in [0.25, 0.3) is 0 Å². The number of ether oxygens (including phenoxy) is 1. The van der Waals surface area contributed by atoms with E-state index in [1.54, 1.807) is 24.4 Å². The highest BCUT2D eigenvalue weighted by molar-refractivity contribution is 7.90. The zero-order valence-corrected chi connectivity index (χ0v) is 19.6. The third-order valence-corrected chi connectivity index (χ3v) is 7.32. The van der Waals surface area contributed by atoms with E-state index in [-0.39, 0.29) is 6.10 Å². The lowest BCUT2D eigenvalue weighted by Gasteiger charge is -2.32. The van der Waals surface area contributed by atoms with Crippen molar-refractivity contribution in [1.82, 2.24) is 15.0 Å². The molecule has 174 valence electrons. The third-order valence-electron chi connectivity index (χ3n) is 6.21. The van der Waals surface area contributed by atoms with Crippen molar-refractivity contribution in [2.45, 2.75) is 30.3 Å². The van der Waals surface area contributed by atoms with E-state index in [4.69, 9.17) is 10.00 Å². The number of hydrogen-bond donors (Lipinski definition) is 0. The number of anilines is 3. The Hall–Kier alpha value is -3.71. The average molecular weight is 477 g/mol. The summed E-state index contributed by atoms with van der Waals surface area (Å²) in [5.74, 6) is 2.13. The summed E-state index contributed by atoms with van der Waals surface area (Å²) < 4.78 is 29.9. The van der Waals surface area contributed by atoms with Crippen molar-refractivity contribution in [1.29, 1.82) is 5.26 Å². The van der Waals surface area contributed by atoms with Gasteiger partial charge in [-0.05, 0) is 42.3 Å². The Morgan fingerprint density at radius 3 is 2.56 bits per heavy atom. The van der Waals surface area contributed by atoms with Crippen molar-refractivity contribution in [3.05, 3.63) is 60.0 Å². The summed E-state index contributed by atoms with van der Waals surface area (Å²) >= 11 is 0. The summed E-state index contributed by atoms with van der Waals surface area (Å²) in [6.07, 6.45) is 6.79. The van der Waals surface area contributed by atoms with Crippen LogP contribution in [-0.4, -0.2) is 55.4 Å². The van der Waals surface area contributed by atoms with Gasteiger partial charge in [0, 0.05) is 56.7 Å². The van der Waals surface area contributed by atoms with Crippen LogP contribution in [0.15, 0.2) is 53.8 Å². The standard InChI is InChI=1S/C24H24N6O3S/c1-34(31,32)20-3-4-21-18(12-20)6-11-30(21)23-13-24(28-16-27-23)33-19-7-9-29(10-8-19)22-5-2-17(14-25)15-26-22/h2-5,12-13,15-16,19H,6-11H2,1H3. The quantitative estimate of drug-likeness (QED) is 0.548. The van der Waals surface area contributed by atoms with Crippen LogP contribution in [0.1, 0.15) is 24.0 Å². The lowest BCUT2D eigenvalue weighted by atomic mass is 10.1. The molecule has 10 heteroatoms. The number of aromatic nitrogens is 3. The largest absolute Gasteiger partial charge is 0.474 e. The van der Waals surface area contributed by atoms with Gasteiger partial charge in [-0.25, -0.2) is 23.4 Å². The number of nitrogens with zero attached hydrogens (tertiary/aromatic N) is 6. The lowest BCUT2D eigenvalue weighted by molar-refractivity contribution is 0.163. The second-order valence-electron chi connectivity index (χ2n) is 8.50. The number of rotatable bonds is 5. The maximum Gasteiger partial charge on any atom is 0.218 e. The van der Waals surface area contributed by atoms with E-state index >= 15 is 0 Å². The minimum absolute atomic E-state index is 0.0422. The van der Waals surface area contributed by atoms with E-state index < -0.39 is 9.84 Å². The minimum atomic E-state index is -3.24. The Labute approximate surface area is 198 Å². The average Bonchev–Trinajstić information content (AvgIpc) is 3.28. The minimum Gasteiger partial charge on any atom is -0.474 e. The number of pyridine rings is 1. The molecule has 5 rings (SSSR count). The molecule has 0 spiro atoms. The second-order valence-corrected chi connectivity index (χ2v) is 10.5. The number of benzene rings is 1. The third kappa shape index (κ3) is 4.52. The van der Waals surface area contributed by atoms with Crippen LogP contribution in [0.4, 0.5) is 17.3 Å². The number of nitriles is 1. The van der Waals surface area contributed by atoms with Crippen LogP contribution in [0.3, 0.4) is 0 Å². The summed E-state index contributed by atoms with van der Waals surface area (Å²) in [6, 6.07) is 12.8. The van der Waals surface area contributed by atoms with Crippen LogP contribution >= 0.6 is 0 Å². The van der Waals surface area contributed by atoms with E-state index in [1.807, 2.05) is 18.2 Å². The topological polar surface area (TPSA) is 112 Å². The van der Waals surface area contributed by atoms with Gasteiger partial charge in [0.2, 0.25) is 5.88 Å². The van der Waals surface area contributed by atoms with Crippen LogP contribution in [0.2, 0.25) is 0 Å². The van der Waals surface area contributed by atoms with Gasteiger partial charge >= 0.3 is 0 Å². The Kier molecular flexibility index (Phi) is 5.79. The summed E-state index contributed by atoms with van der Waals surface area (Å²) in [4.78, 5) is 17.7. The molecule has 3 aromatic rings. The maximum absolute atomic E-state index is 11.9. The molecule has 0 aliphatic carbocycles. The molecule has 0 bridgehead atoms. The molecule has 1 aromatic carbocycles. The lowest BCUT2D eigenvalue weighted by Crippen LogP contribution is -2.38. The van der Waals surface area contributed by atoms with Crippen molar-refractivity contribution in [2.75, 3.05) is 35.7 Å². The number of piperidine rings is 1. The molecule has 0 unspecified atom stereocenters. The number of hydrogen-bond acceptors (Lipinski definition) is 9. The van der Waals surface area contributed by atoms with Gasteiger partial charge in [0.05, 0.1) is 10.5 Å². The SMILES string of the molecule is CS(=O)(=O)c1ccc2c(c1)CCN2c1cc(OC2CCN(c3ccc(C#N)cn3)CC2)ncn1. The fourth-order valence-corrected chi connectivity index (χ4v) is 5.07. The predicted molar refractivity (Wildman–Crippen MR) is 127 cm³/mol. The summed E-state index contributed by atoms with van der Waals surface area (Å²) in [6.45, 7) is 2.34. The fraction of sp³-hybridized carbons (Fsp3) is 0.333. The fourth-order valence-electron chi connectivity index (χ4n) is 4.40. The summed E-state index contributed by atoms with van der Waals surface area (Å²) in [7, 11) is -3.24. The number of sulfone groups is 1. The first-order valence-corrected chi connectivity index (χ1v) is 13.0. The maximum atomic E-state index is 11.9.